The number of aryl methyl sites for hydroxylation is 1. The van der Waals surface area contributed by atoms with Crippen LogP contribution in [0.2, 0.25) is 0 Å². The lowest BCUT2D eigenvalue weighted by atomic mass is 9.95. The minimum Gasteiger partial charge on any atom is -0.326 e. The normalized spacial score (nSPS) is 14.8. The highest BCUT2D eigenvalue weighted by atomic mass is 15.2. The summed E-state index contributed by atoms with van der Waals surface area (Å²) in [6.07, 6.45) is 1.18. The van der Waals surface area contributed by atoms with Crippen molar-refractivity contribution in [1.82, 2.24) is 9.80 Å². The second-order valence-electron chi connectivity index (χ2n) is 5.95. The van der Waals surface area contributed by atoms with E-state index in [0.29, 0.717) is 6.04 Å². The standard InChI is InChI=1S/C17H31N3/c1-6-20(13-9-12-19(4)5)17(15(3)18)16-11-8-7-10-14(16)2/h7-8,10-11,15,17H,6,9,12-13,18H2,1-5H3. The summed E-state index contributed by atoms with van der Waals surface area (Å²) >= 11 is 0. The van der Waals surface area contributed by atoms with E-state index in [9.17, 15) is 0 Å². The third kappa shape index (κ3) is 4.89. The molecule has 2 atom stereocenters. The number of likely N-dealkylation sites (N-methyl/N-ethyl adjacent to an activating group) is 1. The molecule has 2 unspecified atom stereocenters. The molecule has 0 aliphatic carbocycles. The van der Waals surface area contributed by atoms with Crippen LogP contribution in [0, 0.1) is 6.92 Å². The van der Waals surface area contributed by atoms with Crippen LogP contribution in [0.1, 0.15) is 37.4 Å². The number of hydrogen-bond acceptors (Lipinski definition) is 3. The zero-order valence-electron chi connectivity index (χ0n) is 13.8. The zero-order chi connectivity index (χ0) is 15.1. The Morgan fingerprint density at radius 2 is 1.80 bits per heavy atom. The number of nitrogens with two attached hydrogens (primary N) is 1. The van der Waals surface area contributed by atoms with Crippen LogP contribution in [-0.2, 0) is 0 Å². The lowest BCUT2D eigenvalue weighted by Crippen LogP contribution is -2.41. The summed E-state index contributed by atoms with van der Waals surface area (Å²) in [5, 5.41) is 0. The molecular formula is C17H31N3. The van der Waals surface area contributed by atoms with Gasteiger partial charge in [-0.05, 0) is 58.6 Å². The van der Waals surface area contributed by atoms with E-state index in [-0.39, 0.29) is 6.04 Å². The Hall–Kier alpha value is -0.900. The van der Waals surface area contributed by atoms with Gasteiger partial charge in [0.15, 0.2) is 0 Å². The fourth-order valence-corrected chi connectivity index (χ4v) is 2.82. The molecule has 0 fully saturated rings. The van der Waals surface area contributed by atoms with E-state index in [1.165, 1.54) is 17.5 Å². The first kappa shape index (κ1) is 17.2. The van der Waals surface area contributed by atoms with Crippen molar-refractivity contribution in [2.75, 3.05) is 33.7 Å². The lowest BCUT2D eigenvalue weighted by Gasteiger charge is -2.35. The van der Waals surface area contributed by atoms with Crippen LogP contribution in [0.4, 0.5) is 0 Å². The van der Waals surface area contributed by atoms with Gasteiger partial charge in [0.2, 0.25) is 0 Å². The first-order chi connectivity index (χ1) is 9.47. The maximum Gasteiger partial charge on any atom is 0.0498 e. The monoisotopic (exact) mass is 277 g/mol. The van der Waals surface area contributed by atoms with Crippen LogP contribution in [0.5, 0.6) is 0 Å². The average Bonchev–Trinajstić information content (AvgIpc) is 2.38. The summed E-state index contributed by atoms with van der Waals surface area (Å²) in [5.41, 5.74) is 9.00. The van der Waals surface area contributed by atoms with Crippen molar-refractivity contribution < 1.29 is 0 Å². The minimum atomic E-state index is 0.135. The molecular weight excluding hydrogens is 246 g/mol. The highest BCUT2D eigenvalue weighted by molar-refractivity contribution is 5.29. The van der Waals surface area contributed by atoms with Gasteiger partial charge in [0.25, 0.3) is 0 Å². The number of hydrogen-bond donors (Lipinski definition) is 1. The van der Waals surface area contributed by atoms with E-state index in [4.69, 9.17) is 5.73 Å². The van der Waals surface area contributed by atoms with Gasteiger partial charge in [0, 0.05) is 18.6 Å². The molecule has 2 N–H and O–H groups in total. The van der Waals surface area contributed by atoms with Crippen LogP contribution in [0.3, 0.4) is 0 Å². The third-order valence-corrected chi connectivity index (χ3v) is 3.86. The molecule has 0 aliphatic heterocycles. The Morgan fingerprint density at radius 3 is 2.30 bits per heavy atom. The van der Waals surface area contributed by atoms with Crippen LogP contribution >= 0.6 is 0 Å². The van der Waals surface area contributed by atoms with Crippen LogP contribution < -0.4 is 5.73 Å². The predicted octanol–water partition coefficient (Wildman–Crippen LogP) is 2.66. The molecule has 0 aliphatic rings. The Labute approximate surface area is 124 Å². The maximum atomic E-state index is 6.29. The maximum absolute atomic E-state index is 6.29. The largest absolute Gasteiger partial charge is 0.326 e. The van der Waals surface area contributed by atoms with Gasteiger partial charge < -0.3 is 10.6 Å². The smallest absolute Gasteiger partial charge is 0.0498 e. The summed E-state index contributed by atoms with van der Waals surface area (Å²) in [4.78, 5) is 4.75. The molecule has 0 amide bonds. The van der Waals surface area contributed by atoms with Crippen molar-refractivity contribution in [2.24, 2.45) is 5.73 Å². The average molecular weight is 277 g/mol. The second-order valence-corrected chi connectivity index (χ2v) is 5.95. The highest BCUT2D eigenvalue weighted by Crippen LogP contribution is 2.26. The van der Waals surface area contributed by atoms with Gasteiger partial charge in [-0.15, -0.1) is 0 Å². The molecule has 0 heterocycles. The summed E-state index contributed by atoms with van der Waals surface area (Å²) in [6.45, 7) is 9.77. The number of rotatable bonds is 8. The summed E-state index contributed by atoms with van der Waals surface area (Å²) in [6, 6.07) is 9.06. The molecule has 0 saturated heterocycles. The lowest BCUT2D eigenvalue weighted by molar-refractivity contribution is 0.176. The van der Waals surface area contributed by atoms with E-state index >= 15 is 0 Å². The molecule has 1 aromatic carbocycles. The first-order valence-corrected chi connectivity index (χ1v) is 7.67. The van der Waals surface area contributed by atoms with Gasteiger partial charge in [-0.3, -0.25) is 4.90 Å². The van der Waals surface area contributed by atoms with Crippen molar-refractivity contribution in [3.05, 3.63) is 35.4 Å². The number of nitrogens with zero attached hydrogens (tertiary/aromatic N) is 2. The van der Waals surface area contributed by atoms with Gasteiger partial charge in [-0.1, -0.05) is 31.2 Å². The van der Waals surface area contributed by atoms with Crippen molar-refractivity contribution in [1.29, 1.82) is 0 Å². The molecule has 0 spiro atoms. The van der Waals surface area contributed by atoms with Crippen LogP contribution in [0.25, 0.3) is 0 Å². The molecule has 0 bridgehead atoms. The topological polar surface area (TPSA) is 32.5 Å². The van der Waals surface area contributed by atoms with Gasteiger partial charge in [0.05, 0.1) is 0 Å². The van der Waals surface area contributed by atoms with Crippen molar-refractivity contribution >= 4 is 0 Å². The first-order valence-electron chi connectivity index (χ1n) is 7.67. The Balaban J connectivity index is 2.85. The molecule has 3 nitrogen and oxygen atoms in total. The molecule has 20 heavy (non-hydrogen) atoms. The molecule has 1 rings (SSSR count). The van der Waals surface area contributed by atoms with Crippen LogP contribution in [0.15, 0.2) is 24.3 Å². The van der Waals surface area contributed by atoms with Gasteiger partial charge >= 0.3 is 0 Å². The quantitative estimate of drug-likeness (QED) is 0.793. The Kier molecular flexibility index (Phi) is 7.20. The summed E-state index contributed by atoms with van der Waals surface area (Å²) < 4.78 is 0. The van der Waals surface area contributed by atoms with E-state index in [2.05, 4.69) is 68.9 Å². The summed E-state index contributed by atoms with van der Waals surface area (Å²) in [7, 11) is 4.25. The molecule has 114 valence electrons. The van der Waals surface area contributed by atoms with Gasteiger partial charge in [0.1, 0.15) is 0 Å². The second kappa shape index (κ2) is 8.40. The summed E-state index contributed by atoms with van der Waals surface area (Å²) in [5.74, 6) is 0. The third-order valence-electron chi connectivity index (χ3n) is 3.86. The highest BCUT2D eigenvalue weighted by Gasteiger charge is 2.23. The molecule has 0 saturated carbocycles. The van der Waals surface area contributed by atoms with Crippen molar-refractivity contribution in [2.45, 2.75) is 39.3 Å². The van der Waals surface area contributed by atoms with Crippen LogP contribution in [-0.4, -0.2) is 49.6 Å². The minimum absolute atomic E-state index is 0.135. The van der Waals surface area contributed by atoms with Gasteiger partial charge in [-0.25, -0.2) is 0 Å². The molecule has 0 aromatic heterocycles. The fraction of sp³-hybridized carbons (Fsp3) is 0.647. The Bertz CT molecular complexity index is 388. The molecule has 1 aromatic rings. The molecule has 0 radical (unpaired) electrons. The Morgan fingerprint density at radius 1 is 1.15 bits per heavy atom. The van der Waals surface area contributed by atoms with Crippen molar-refractivity contribution in [3.63, 3.8) is 0 Å². The predicted molar refractivity (Wildman–Crippen MR) is 88.0 cm³/mol. The van der Waals surface area contributed by atoms with E-state index in [1.807, 2.05) is 0 Å². The number of benzene rings is 1. The van der Waals surface area contributed by atoms with E-state index in [0.717, 1.165) is 19.6 Å². The van der Waals surface area contributed by atoms with E-state index < -0.39 is 0 Å². The van der Waals surface area contributed by atoms with E-state index in [1.54, 1.807) is 0 Å². The molecule has 3 heteroatoms. The van der Waals surface area contributed by atoms with Crippen molar-refractivity contribution in [3.8, 4) is 0 Å². The zero-order valence-corrected chi connectivity index (χ0v) is 13.8. The fourth-order valence-electron chi connectivity index (χ4n) is 2.82. The SMILES string of the molecule is CCN(CCCN(C)C)C(c1ccccc1C)C(C)N. The van der Waals surface area contributed by atoms with Gasteiger partial charge in [-0.2, -0.15) is 0 Å².